The van der Waals surface area contributed by atoms with E-state index in [4.69, 9.17) is 0 Å². The van der Waals surface area contributed by atoms with Crippen LogP contribution in [0.5, 0.6) is 0 Å². The predicted octanol–water partition coefficient (Wildman–Crippen LogP) is 4.13. The fourth-order valence-corrected chi connectivity index (χ4v) is 1.29. The van der Waals surface area contributed by atoms with Gasteiger partial charge in [0.2, 0.25) is 0 Å². The van der Waals surface area contributed by atoms with Gasteiger partial charge in [-0.1, -0.05) is 30.3 Å². The normalized spacial score (nSPS) is 13.9. The first kappa shape index (κ1) is 16.5. The summed E-state index contributed by atoms with van der Waals surface area (Å²) in [6.07, 6.45) is -6.81. The summed E-state index contributed by atoms with van der Waals surface area (Å²) in [5.41, 5.74) is 0.704. The minimum Gasteiger partial charge on any atom is -0.291 e. The first-order chi connectivity index (χ1) is 9.08. The van der Waals surface area contributed by atoms with E-state index < -0.39 is 24.2 Å². The highest BCUT2D eigenvalue weighted by Gasteiger charge is 2.72. The van der Waals surface area contributed by atoms with E-state index in [1.165, 1.54) is 0 Å². The molecule has 0 aliphatic heterocycles. The molecule has 0 unspecified atom stereocenters. The summed E-state index contributed by atoms with van der Waals surface area (Å²) in [5, 5.41) is 0. The summed E-state index contributed by atoms with van der Waals surface area (Å²) >= 11 is 0. The smallest absolute Gasteiger partial charge is 0.291 e. The lowest BCUT2D eigenvalue weighted by Gasteiger charge is -2.25. The Bertz CT molecular complexity index is 451. The SMILES string of the molecule is FC(F)(F)C(F)(F)C(F)(F)C=NCCc1ccccc1. The van der Waals surface area contributed by atoms with Crippen molar-refractivity contribution in [2.45, 2.75) is 24.4 Å². The highest BCUT2D eigenvalue weighted by atomic mass is 19.4. The van der Waals surface area contributed by atoms with Crippen molar-refractivity contribution in [3.05, 3.63) is 35.9 Å². The zero-order chi connectivity index (χ0) is 15.4. The first-order valence-corrected chi connectivity index (χ1v) is 5.45. The summed E-state index contributed by atoms with van der Waals surface area (Å²) in [5.74, 6) is -11.5. The molecule has 20 heavy (non-hydrogen) atoms. The van der Waals surface area contributed by atoms with Crippen molar-refractivity contribution in [2.75, 3.05) is 6.54 Å². The van der Waals surface area contributed by atoms with Crippen molar-refractivity contribution in [3.63, 3.8) is 0 Å². The third-order valence-corrected chi connectivity index (χ3v) is 2.40. The molecule has 1 rings (SSSR count). The van der Waals surface area contributed by atoms with E-state index in [1.54, 1.807) is 30.3 Å². The maximum absolute atomic E-state index is 12.8. The maximum atomic E-state index is 12.8. The van der Waals surface area contributed by atoms with Crippen LogP contribution in [0.3, 0.4) is 0 Å². The van der Waals surface area contributed by atoms with Crippen molar-refractivity contribution >= 4 is 6.21 Å². The number of rotatable bonds is 5. The van der Waals surface area contributed by atoms with E-state index >= 15 is 0 Å². The zero-order valence-electron chi connectivity index (χ0n) is 9.97. The van der Waals surface area contributed by atoms with Crippen LogP contribution >= 0.6 is 0 Å². The number of alkyl halides is 7. The molecule has 0 fully saturated rings. The molecule has 0 N–H and O–H groups in total. The largest absolute Gasteiger partial charge is 0.460 e. The molecule has 1 aromatic rings. The molecule has 0 bridgehead atoms. The van der Waals surface area contributed by atoms with E-state index in [2.05, 4.69) is 4.99 Å². The molecule has 0 atom stereocenters. The number of halogens is 7. The lowest BCUT2D eigenvalue weighted by atomic mass is 10.1. The molecule has 0 radical (unpaired) electrons. The second-order valence-electron chi connectivity index (χ2n) is 3.97. The van der Waals surface area contributed by atoms with Crippen molar-refractivity contribution in [1.82, 2.24) is 0 Å². The second-order valence-corrected chi connectivity index (χ2v) is 3.97. The average Bonchev–Trinajstić information content (AvgIpc) is 2.34. The van der Waals surface area contributed by atoms with E-state index in [0.29, 0.717) is 5.56 Å². The number of aliphatic imine (C=N–C) groups is 1. The summed E-state index contributed by atoms with van der Waals surface area (Å²) in [6, 6.07) is 8.36. The van der Waals surface area contributed by atoms with Crippen molar-refractivity contribution < 1.29 is 30.7 Å². The Hall–Kier alpha value is -1.60. The van der Waals surface area contributed by atoms with Gasteiger partial charge in [-0.2, -0.15) is 30.7 Å². The summed E-state index contributed by atoms with van der Waals surface area (Å²) in [4.78, 5) is 2.96. The Morgan fingerprint density at radius 3 is 1.95 bits per heavy atom. The van der Waals surface area contributed by atoms with Gasteiger partial charge in [0, 0.05) is 6.54 Å². The second kappa shape index (κ2) is 5.80. The highest BCUT2D eigenvalue weighted by molar-refractivity contribution is 5.68. The monoisotopic (exact) mass is 301 g/mol. The van der Waals surface area contributed by atoms with Crippen LogP contribution in [0.1, 0.15) is 5.56 Å². The topological polar surface area (TPSA) is 12.4 Å². The predicted molar refractivity (Wildman–Crippen MR) is 59.5 cm³/mol. The quantitative estimate of drug-likeness (QED) is 0.573. The van der Waals surface area contributed by atoms with Crippen molar-refractivity contribution in [1.29, 1.82) is 0 Å². The lowest BCUT2D eigenvalue weighted by Crippen LogP contribution is -2.52. The maximum Gasteiger partial charge on any atom is 0.460 e. The van der Waals surface area contributed by atoms with Gasteiger partial charge in [-0.3, -0.25) is 4.99 Å². The minimum absolute atomic E-state index is 0.158. The molecule has 0 spiro atoms. The van der Waals surface area contributed by atoms with E-state index in [9.17, 15) is 30.7 Å². The van der Waals surface area contributed by atoms with Crippen LogP contribution in [0.15, 0.2) is 35.3 Å². The van der Waals surface area contributed by atoms with E-state index in [0.717, 1.165) is 0 Å². The molecule has 0 heterocycles. The van der Waals surface area contributed by atoms with Gasteiger partial charge in [0.1, 0.15) is 0 Å². The lowest BCUT2D eigenvalue weighted by molar-refractivity contribution is -0.335. The molecule has 112 valence electrons. The standard InChI is InChI=1S/C12H10F7N/c13-10(14,11(15,16)12(17,18)19)8-20-7-6-9-4-2-1-3-5-9/h1-5,8H,6-7H2. The van der Waals surface area contributed by atoms with Crippen LogP contribution < -0.4 is 0 Å². The van der Waals surface area contributed by atoms with E-state index in [1.807, 2.05) is 0 Å². The fraction of sp³-hybridized carbons (Fsp3) is 0.417. The molecule has 1 aromatic carbocycles. The van der Waals surface area contributed by atoms with Gasteiger partial charge >= 0.3 is 18.0 Å². The zero-order valence-corrected chi connectivity index (χ0v) is 9.97. The van der Waals surface area contributed by atoms with Crippen LogP contribution in [0.25, 0.3) is 0 Å². The van der Waals surface area contributed by atoms with Gasteiger partial charge in [0.15, 0.2) is 0 Å². The molecule has 0 aliphatic carbocycles. The molecular formula is C12H10F7N. The fourth-order valence-electron chi connectivity index (χ4n) is 1.29. The average molecular weight is 301 g/mol. The highest BCUT2D eigenvalue weighted by Crippen LogP contribution is 2.45. The number of hydrogen-bond donors (Lipinski definition) is 0. The molecule has 0 aromatic heterocycles. The van der Waals surface area contributed by atoms with Gasteiger partial charge in [0.25, 0.3) is 0 Å². The number of nitrogens with zero attached hydrogens (tertiary/aromatic N) is 1. The molecule has 8 heteroatoms. The summed E-state index contributed by atoms with van der Waals surface area (Å²) < 4.78 is 86.0. The Kier molecular flexibility index (Phi) is 4.77. The minimum atomic E-state index is -6.33. The molecule has 0 saturated carbocycles. The van der Waals surface area contributed by atoms with Crippen molar-refractivity contribution in [2.24, 2.45) is 4.99 Å². The van der Waals surface area contributed by atoms with Gasteiger partial charge < -0.3 is 0 Å². The van der Waals surface area contributed by atoms with Gasteiger partial charge in [-0.15, -0.1) is 0 Å². The van der Waals surface area contributed by atoms with Gasteiger partial charge in [0.05, 0.1) is 6.21 Å². The van der Waals surface area contributed by atoms with Crippen LogP contribution in [0, 0.1) is 0 Å². The van der Waals surface area contributed by atoms with E-state index in [-0.39, 0.29) is 13.0 Å². The molecule has 0 amide bonds. The summed E-state index contributed by atoms with van der Waals surface area (Å²) in [7, 11) is 0. The van der Waals surface area contributed by atoms with Gasteiger partial charge in [-0.05, 0) is 12.0 Å². The first-order valence-electron chi connectivity index (χ1n) is 5.45. The Labute approximate surface area is 110 Å². The number of hydrogen-bond acceptors (Lipinski definition) is 1. The molecular weight excluding hydrogens is 291 g/mol. The van der Waals surface area contributed by atoms with Crippen LogP contribution in [-0.2, 0) is 6.42 Å². The molecule has 0 saturated heterocycles. The van der Waals surface area contributed by atoms with Gasteiger partial charge in [-0.25, -0.2) is 0 Å². The summed E-state index contributed by atoms with van der Waals surface area (Å²) in [6.45, 7) is -0.312. The van der Waals surface area contributed by atoms with Crippen LogP contribution in [-0.4, -0.2) is 30.8 Å². The Morgan fingerprint density at radius 2 is 1.45 bits per heavy atom. The third-order valence-electron chi connectivity index (χ3n) is 2.40. The Balaban J connectivity index is 2.65. The Morgan fingerprint density at radius 1 is 0.900 bits per heavy atom. The molecule has 1 nitrogen and oxygen atoms in total. The molecule has 0 aliphatic rings. The third kappa shape index (κ3) is 3.71. The van der Waals surface area contributed by atoms with Crippen LogP contribution in [0.2, 0.25) is 0 Å². The van der Waals surface area contributed by atoms with Crippen molar-refractivity contribution in [3.8, 4) is 0 Å². The number of benzene rings is 1. The van der Waals surface area contributed by atoms with Crippen LogP contribution in [0.4, 0.5) is 30.7 Å².